The van der Waals surface area contributed by atoms with Gasteiger partial charge in [0.1, 0.15) is 0 Å². The Hall–Kier alpha value is -1.49. The van der Waals surface area contributed by atoms with Gasteiger partial charge in [0.25, 0.3) is 0 Å². The van der Waals surface area contributed by atoms with Crippen LogP contribution in [-0.4, -0.2) is 58.7 Å². The topological polar surface area (TPSA) is 40.5 Å². The molecule has 0 radical (unpaired) electrons. The summed E-state index contributed by atoms with van der Waals surface area (Å²) in [6.07, 6.45) is 7.82. The van der Waals surface area contributed by atoms with Crippen molar-refractivity contribution in [1.29, 1.82) is 0 Å². The van der Waals surface area contributed by atoms with Crippen LogP contribution in [-0.2, 0) is 13.5 Å². The number of hydrogen-bond acceptors (Lipinski definition) is 2. The Morgan fingerprint density at radius 3 is 2.83 bits per heavy atom. The van der Waals surface area contributed by atoms with Gasteiger partial charge in [0.2, 0.25) is 0 Å². The molecule has 0 saturated carbocycles. The number of urea groups is 1. The van der Waals surface area contributed by atoms with Crippen molar-refractivity contribution in [3.05, 3.63) is 24.0 Å². The Bertz CT molecular complexity index is 521. The molecule has 2 fully saturated rings. The number of likely N-dealkylation sites (tertiary alicyclic amines) is 2. The Morgan fingerprint density at radius 1 is 1.35 bits per heavy atom. The summed E-state index contributed by atoms with van der Waals surface area (Å²) >= 11 is 0. The zero-order chi connectivity index (χ0) is 16.2. The molecule has 2 saturated heterocycles. The number of hydrogen-bond donors (Lipinski definition) is 1. The van der Waals surface area contributed by atoms with E-state index in [9.17, 15) is 4.79 Å². The van der Waals surface area contributed by atoms with Crippen LogP contribution in [0.3, 0.4) is 0 Å². The molecule has 5 heteroatoms. The monoisotopic (exact) mass is 318 g/mol. The molecule has 1 aromatic rings. The maximum absolute atomic E-state index is 12.4. The highest BCUT2D eigenvalue weighted by molar-refractivity contribution is 5.74. The van der Waals surface area contributed by atoms with E-state index in [-0.39, 0.29) is 12.1 Å². The van der Waals surface area contributed by atoms with E-state index >= 15 is 0 Å². The number of aromatic nitrogens is 1. The molecule has 128 valence electrons. The van der Waals surface area contributed by atoms with Gasteiger partial charge in [-0.05, 0) is 64.3 Å². The van der Waals surface area contributed by atoms with Crippen LogP contribution in [0.4, 0.5) is 4.79 Å². The third-order valence-corrected chi connectivity index (χ3v) is 5.36. The SMILES string of the molecule is C[C@H](CCc1cccn1C)NC(=O)N1CC[C@@H](N2CCCC2)C1. The van der Waals surface area contributed by atoms with Gasteiger partial charge >= 0.3 is 6.03 Å². The normalized spacial score (nSPS) is 23.4. The summed E-state index contributed by atoms with van der Waals surface area (Å²) in [5.74, 6) is 0. The zero-order valence-corrected chi connectivity index (χ0v) is 14.5. The fourth-order valence-electron chi connectivity index (χ4n) is 3.83. The van der Waals surface area contributed by atoms with Gasteiger partial charge in [0.05, 0.1) is 0 Å². The Morgan fingerprint density at radius 2 is 2.13 bits per heavy atom. The number of amides is 2. The first-order valence-corrected chi connectivity index (χ1v) is 9.03. The number of carbonyl (C=O) groups excluding carboxylic acids is 1. The molecule has 3 rings (SSSR count). The maximum Gasteiger partial charge on any atom is 0.317 e. The van der Waals surface area contributed by atoms with Crippen LogP contribution in [0.1, 0.15) is 38.3 Å². The number of carbonyl (C=O) groups is 1. The summed E-state index contributed by atoms with van der Waals surface area (Å²) in [6, 6.07) is 5.13. The molecule has 2 amide bonds. The molecule has 0 bridgehead atoms. The van der Waals surface area contributed by atoms with Gasteiger partial charge in [0.15, 0.2) is 0 Å². The first-order valence-electron chi connectivity index (χ1n) is 9.03. The molecule has 1 aromatic heterocycles. The maximum atomic E-state index is 12.4. The van der Waals surface area contributed by atoms with E-state index in [1.165, 1.54) is 31.6 Å². The first-order chi connectivity index (χ1) is 11.1. The summed E-state index contributed by atoms with van der Waals surface area (Å²) in [4.78, 5) is 17.0. The number of nitrogens with zero attached hydrogens (tertiary/aromatic N) is 3. The lowest BCUT2D eigenvalue weighted by molar-refractivity contribution is 0.195. The van der Waals surface area contributed by atoms with Crippen molar-refractivity contribution in [1.82, 2.24) is 19.7 Å². The van der Waals surface area contributed by atoms with E-state index in [0.29, 0.717) is 6.04 Å². The van der Waals surface area contributed by atoms with Gasteiger partial charge in [-0.2, -0.15) is 0 Å². The van der Waals surface area contributed by atoms with Crippen molar-refractivity contribution < 1.29 is 4.79 Å². The minimum absolute atomic E-state index is 0.117. The number of nitrogens with one attached hydrogen (secondary N) is 1. The molecule has 3 heterocycles. The van der Waals surface area contributed by atoms with Gasteiger partial charge in [-0.1, -0.05) is 0 Å². The smallest absolute Gasteiger partial charge is 0.317 e. The van der Waals surface area contributed by atoms with E-state index < -0.39 is 0 Å². The van der Waals surface area contributed by atoms with Crippen molar-refractivity contribution in [3.8, 4) is 0 Å². The van der Waals surface area contributed by atoms with E-state index in [2.05, 4.69) is 47.1 Å². The van der Waals surface area contributed by atoms with Gasteiger partial charge in [-0.15, -0.1) is 0 Å². The average molecular weight is 318 g/mol. The van der Waals surface area contributed by atoms with Crippen LogP contribution < -0.4 is 5.32 Å². The van der Waals surface area contributed by atoms with Gasteiger partial charge in [-0.3, -0.25) is 4.90 Å². The second-order valence-corrected chi connectivity index (χ2v) is 7.13. The van der Waals surface area contributed by atoms with Crippen LogP contribution in [0.2, 0.25) is 0 Å². The molecule has 2 atom stereocenters. The second kappa shape index (κ2) is 7.39. The quantitative estimate of drug-likeness (QED) is 0.904. The fraction of sp³-hybridized carbons (Fsp3) is 0.722. The molecule has 1 N–H and O–H groups in total. The third kappa shape index (κ3) is 4.08. The molecule has 2 aliphatic rings. The van der Waals surface area contributed by atoms with Gasteiger partial charge in [-0.25, -0.2) is 4.79 Å². The van der Waals surface area contributed by atoms with Crippen LogP contribution in [0.5, 0.6) is 0 Å². The van der Waals surface area contributed by atoms with E-state index in [0.717, 1.165) is 32.4 Å². The predicted octanol–water partition coefficient (Wildman–Crippen LogP) is 2.23. The van der Waals surface area contributed by atoms with Crippen molar-refractivity contribution in [2.24, 2.45) is 7.05 Å². The molecule has 0 aliphatic carbocycles. The molecule has 23 heavy (non-hydrogen) atoms. The summed E-state index contributed by atoms with van der Waals surface area (Å²) < 4.78 is 2.15. The fourth-order valence-corrected chi connectivity index (χ4v) is 3.83. The minimum Gasteiger partial charge on any atom is -0.354 e. The predicted molar refractivity (Wildman–Crippen MR) is 92.5 cm³/mol. The lowest BCUT2D eigenvalue weighted by Crippen LogP contribution is -2.44. The summed E-state index contributed by atoms with van der Waals surface area (Å²) in [5, 5.41) is 3.17. The van der Waals surface area contributed by atoms with E-state index in [1.54, 1.807) is 0 Å². The number of rotatable bonds is 5. The molecular weight excluding hydrogens is 288 g/mol. The summed E-state index contributed by atoms with van der Waals surface area (Å²) in [5.41, 5.74) is 1.32. The van der Waals surface area contributed by atoms with Crippen molar-refractivity contribution in [3.63, 3.8) is 0 Å². The van der Waals surface area contributed by atoms with Crippen molar-refractivity contribution >= 4 is 6.03 Å². The highest BCUT2D eigenvalue weighted by Crippen LogP contribution is 2.20. The molecule has 2 aliphatic heterocycles. The standard InChI is InChI=1S/C18H30N4O/c1-15(7-8-16-6-5-10-20(16)2)19-18(23)22-13-9-17(14-22)21-11-3-4-12-21/h5-6,10,15,17H,3-4,7-9,11-14H2,1-2H3,(H,19,23)/t15-,17-/m1/s1. The van der Waals surface area contributed by atoms with Gasteiger partial charge < -0.3 is 14.8 Å². The summed E-state index contributed by atoms with van der Waals surface area (Å²) in [7, 11) is 2.07. The van der Waals surface area contributed by atoms with Crippen LogP contribution in [0.25, 0.3) is 0 Å². The zero-order valence-electron chi connectivity index (χ0n) is 14.5. The van der Waals surface area contributed by atoms with Crippen molar-refractivity contribution in [2.45, 2.75) is 51.1 Å². The molecular formula is C18H30N4O. The lowest BCUT2D eigenvalue weighted by Gasteiger charge is -2.24. The van der Waals surface area contributed by atoms with Crippen LogP contribution in [0.15, 0.2) is 18.3 Å². The number of aryl methyl sites for hydroxylation is 2. The highest BCUT2D eigenvalue weighted by Gasteiger charge is 2.31. The molecule has 5 nitrogen and oxygen atoms in total. The molecule has 0 unspecified atom stereocenters. The Balaban J connectivity index is 1.41. The molecule has 0 spiro atoms. The largest absolute Gasteiger partial charge is 0.354 e. The van der Waals surface area contributed by atoms with Crippen molar-refractivity contribution in [2.75, 3.05) is 26.2 Å². The van der Waals surface area contributed by atoms with Crippen LogP contribution >= 0.6 is 0 Å². The Kier molecular flexibility index (Phi) is 5.26. The summed E-state index contributed by atoms with van der Waals surface area (Å²) in [6.45, 7) is 6.34. The average Bonchev–Trinajstić information content (AvgIpc) is 3.26. The second-order valence-electron chi connectivity index (χ2n) is 7.13. The first kappa shape index (κ1) is 16.4. The lowest BCUT2D eigenvalue weighted by atomic mass is 10.1. The van der Waals surface area contributed by atoms with E-state index in [1.807, 2.05) is 4.90 Å². The Labute approximate surface area is 139 Å². The highest BCUT2D eigenvalue weighted by atomic mass is 16.2. The molecule has 0 aromatic carbocycles. The van der Waals surface area contributed by atoms with Gasteiger partial charge in [0, 0.05) is 44.1 Å². The van der Waals surface area contributed by atoms with E-state index in [4.69, 9.17) is 0 Å². The minimum atomic E-state index is 0.117. The van der Waals surface area contributed by atoms with Crippen LogP contribution in [0, 0.1) is 0 Å². The third-order valence-electron chi connectivity index (χ3n) is 5.36.